The number of rotatable bonds is 9. The second-order valence-corrected chi connectivity index (χ2v) is 4.56. The minimum Gasteiger partial charge on any atom is -0.392 e. The number of hydrogen-bond acceptors (Lipinski definition) is 3. The molecule has 0 bridgehead atoms. The molecular weight excluding hydrogens is 202 g/mol. The summed E-state index contributed by atoms with van der Waals surface area (Å²) in [6, 6.07) is 0.357. The van der Waals surface area contributed by atoms with Gasteiger partial charge in [0, 0.05) is 19.2 Å². The zero-order valence-corrected chi connectivity index (χ0v) is 10.2. The van der Waals surface area contributed by atoms with Crippen LogP contribution in [0.25, 0.3) is 0 Å². The summed E-state index contributed by atoms with van der Waals surface area (Å²) >= 11 is 0. The third-order valence-corrected chi connectivity index (χ3v) is 2.96. The normalized spacial score (nSPS) is 24.8. The van der Waals surface area contributed by atoms with Crippen molar-refractivity contribution in [2.45, 2.75) is 50.7 Å². The molecule has 1 fully saturated rings. The molecule has 0 aromatic rings. The summed E-state index contributed by atoms with van der Waals surface area (Å²) in [7, 11) is 0. The lowest BCUT2D eigenvalue weighted by Gasteiger charge is -2.10. The SMILES string of the molecule is C=CCCCCCCOC[C@@H]1C[C@@H](O)CN1. The lowest BCUT2D eigenvalue weighted by Crippen LogP contribution is -2.26. The number of allylic oxidation sites excluding steroid dienone is 1. The molecule has 1 rings (SSSR count). The second-order valence-electron chi connectivity index (χ2n) is 4.56. The summed E-state index contributed by atoms with van der Waals surface area (Å²) in [6.45, 7) is 6.01. The van der Waals surface area contributed by atoms with E-state index < -0.39 is 0 Å². The molecule has 2 atom stereocenters. The monoisotopic (exact) mass is 227 g/mol. The lowest BCUT2D eigenvalue weighted by atomic mass is 10.1. The fourth-order valence-corrected chi connectivity index (χ4v) is 2.00. The van der Waals surface area contributed by atoms with Crippen molar-refractivity contribution in [2.75, 3.05) is 19.8 Å². The lowest BCUT2D eigenvalue weighted by molar-refractivity contribution is 0.107. The van der Waals surface area contributed by atoms with Crippen LogP contribution in [0.1, 0.15) is 38.5 Å². The van der Waals surface area contributed by atoms with Crippen LogP contribution in [-0.2, 0) is 4.74 Å². The van der Waals surface area contributed by atoms with Gasteiger partial charge in [-0.25, -0.2) is 0 Å². The van der Waals surface area contributed by atoms with Crippen LogP contribution in [0.3, 0.4) is 0 Å². The van der Waals surface area contributed by atoms with E-state index in [1.165, 1.54) is 19.3 Å². The highest BCUT2D eigenvalue weighted by atomic mass is 16.5. The van der Waals surface area contributed by atoms with Crippen LogP contribution in [0.2, 0.25) is 0 Å². The van der Waals surface area contributed by atoms with Gasteiger partial charge in [0.15, 0.2) is 0 Å². The maximum Gasteiger partial charge on any atom is 0.0680 e. The summed E-state index contributed by atoms with van der Waals surface area (Å²) < 4.78 is 5.58. The summed E-state index contributed by atoms with van der Waals surface area (Å²) in [4.78, 5) is 0. The molecule has 0 aromatic carbocycles. The number of ether oxygens (including phenoxy) is 1. The molecule has 1 saturated heterocycles. The third-order valence-electron chi connectivity index (χ3n) is 2.96. The molecule has 0 amide bonds. The number of hydrogen-bond donors (Lipinski definition) is 2. The summed E-state index contributed by atoms with van der Waals surface area (Å²) in [5, 5.41) is 12.5. The molecule has 0 aromatic heterocycles. The third kappa shape index (κ3) is 6.26. The van der Waals surface area contributed by atoms with Crippen LogP contribution in [0.5, 0.6) is 0 Å². The van der Waals surface area contributed by atoms with Crippen molar-refractivity contribution in [3.8, 4) is 0 Å². The average molecular weight is 227 g/mol. The zero-order valence-electron chi connectivity index (χ0n) is 10.2. The van der Waals surface area contributed by atoms with Gasteiger partial charge < -0.3 is 15.2 Å². The highest BCUT2D eigenvalue weighted by Gasteiger charge is 2.21. The van der Waals surface area contributed by atoms with E-state index >= 15 is 0 Å². The van der Waals surface area contributed by atoms with E-state index in [1.807, 2.05) is 6.08 Å². The smallest absolute Gasteiger partial charge is 0.0680 e. The summed E-state index contributed by atoms with van der Waals surface area (Å²) in [5.41, 5.74) is 0. The number of nitrogens with one attached hydrogen (secondary N) is 1. The highest BCUT2D eigenvalue weighted by Crippen LogP contribution is 2.07. The van der Waals surface area contributed by atoms with Crippen LogP contribution in [0.4, 0.5) is 0 Å². The van der Waals surface area contributed by atoms with Gasteiger partial charge in [-0.1, -0.05) is 18.9 Å². The number of aliphatic hydroxyl groups excluding tert-OH is 1. The predicted octanol–water partition coefficient (Wildman–Crippen LogP) is 1.86. The van der Waals surface area contributed by atoms with Gasteiger partial charge in [0.1, 0.15) is 0 Å². The Hall–Kier alpha value is -0.380. The largest absolute Gasteiger partial charge is 0.392 e. The van der Waals surface area contributed by atoms with Crippen LogP contribution >= 0.6 is 0 Å². The molecule has 1 heterocycles. The Balaban J connectivity index is 1.79. The van der Waals surface area contributed by atoms with Crippen LogP contribution in [0.15, 0.2) is 12.7 Å². The van der Waals surface area contributed by atoms with Crippen molar-refractivity contribution in [1.82, 2.24) is 5.32 Å². The molecule has 0 radical (unpaired) electrons. The molecule has 1 aliphatic rings. The Morgan fingerprint density at radius 3 is 2.81 bits per heavy atom. The predicted molar refractivity (Wildman–Crippen MR) is 66.5 cm³/mol. The maximum atomic E-state index is 9.30. The molecule has 2 N–H and O–H groups in total. The molecule has 1 aliphatic heterocycles. The first kappa shape index (κ1) is 13.7. The van der Waals surface area contributed by atoms with E-state index in [-0.39, 0.29) is 6.10 Å². The Kier molecular flexibility index (Phi) is 7.47. The van der Waals surface area contributed by atoms with Gasteiger partial charge in [-0.05, 0) is 25.7 Å². The molecule has 3 heteroatoms. The number of unbranched alkanes of at least 4 members (excludes halogenated alkanes) is 4. The summed E-state index contributed by atoms with van der Waals surface area (Å²) in [6.07, 6.45) is 8.68. The molecular formula is C13H25NO2. The van der Waals surface area contributed by atoms with E-state index in [1.54, 1.807) is 0 Å². The molecule has 0 spiro atoms. The molecule has 94 valence electrons. The minimum absolute atomic E-state index is 0.174. The van der Waals surface area contributed by atoms with Crippen molar-refractivity contribution >= 4 is 0 Å². The van der Waals surface area contributed by atoms with Crippen molar-refractivity contribution in [3.05, 3.63) is 12.7 Å². The Morgan fingerprint density at radius 1 is 1.31 bits per heavy atom. The first-order chi connectivity index (χ1) is 7.83. The highest BCUT2D eigenvalue weighted by molar-refractivity contribution is 4.80. The Labute approximate surface area is 98.9 Å². The van der Waals surface area contributed by atoms with E-state index in [2.05, 4.69) is 11.9 Å². The number of aliphatic hydroxyl groups is 1. The van der Waals surface area contributed by atoms with Gasteiger partial charge in [-0.2, -0.15) is 0 Å². The first-order valence-corrected chi connectivity index (χ1v) is 6.43. The van der Waals surface area contributed by atoms with Gasteiger partial charge in [-0.3, -0.25) is 0 Å². The fourth-order valence-electron chi connectivity index (χ4n) is 2.00. The van der Waals surface area contributed by atoms with Gasteiger partial charge in [0.2, 0.25) is 0 Å². The minimum atomic E-state index is -0.174. The molecule has 0 aliphatic carbocycles. The zero-order chi connectivity index (χ0) is 11.6. The second kappa shape index (κ2) is 8.74. The van der Waals surface area contributed by atoms with Gasteiger partial charge in [0.05, 0.1) is 12.7 Å². The average Bonchev–Trinajstić information content (AvgIpc) is 2.68. The van der Waals surface area contributed by atoms with Crippen molar-refractivity contribution < 1.29 is 9.84 Å². The van der Waals surface area contributed by atoms with Gasteiger partial charge in [-0.15, -0.1) is 6.58 Å². The standard InChI is InChI=1S/C13H25NO2/c1-2-3-4-5-6-7-8-16-11-12-9-13(15)10-14-12/h2,12-15H,1,3-11H2/t12-,13+/m0/s1. The maximum absolute atomic E-state index is 9.30. The van der Waals surface area contributed by atoms with Crippen molar-refractivity contribution in [2.24, 2.45) is 0 Å². The Morgan fingerprint density at radius 2 is 2.12 bits per heavy atom. The quantitative estimate of drug-likeness (QED) is 0.467. The molecule has 16 heavy (non-hydrogen) atoms. The van der Waals surface area contributed by atoms with Crippen LogP contribution < -0.4 is 5.32 Å². The van der Waals surface area contributed by atoms with E-state index in [4.69, 9.17) is 4.74 Å². The van der Waals surface area contributed by atoms with E-state index in [0.29, 0.717) is 6.04 Å². The topological polar surface area (TPSA) is 41.5 Å². The van der Waals surface area contributed by atoms with Crippen molar-refractivity contribution in [3.63, 3.8) is 0 Å². The van der Waals surface area contributed by atoms with Gasteiger partial charge in [0.25, 0.3) is 0 Å². The Bertz CT molecular complexity index is 185. The molecule has 3 nitrogen and oxygen atoms in total. The summed E-state index contributed by atoms with van der Waals surface area (Å²) in [5.74, 6) is 0. The van der Waals surface area contributed by atoms with Crippen molar-refractivity contribution in [1.29, 1.82) is 0 Å². The molecule has 0 unspecified atom stereocenters. The number of β-amino-alcohol motifs (C(OH)–C–C–N with tert-alkyl or cyclic N) is 1. The van der Waals surface area contributed by atoms with Crippen LogP contribution in [-0.4, -0.2) is 37.0 Å². The van der Waals surface area contributed by atoms with Crippen LogP contribution in [0, 0.1) is 0 Å². The van der Waals surface area contributed by atoms with Gasteiger partial charge >= 0.3 is 0 Å². The van der Waals surface area contributed by atoms with E-state index in [0.717, 1.165) is 39.0 Å². The van der Waals surface area contributed by atoms with E-state index in [9.17, 15) is 5.11 Å². The molecule has 0 saturated carbocycles. The fraction of sp³-hybridized carbons (Fsp3) is 0.846. The first-order valence-electron chi connectivity index (χ1n) is 6.43.